The van der Waals surface area contributed by atoms with Crippen LogP contribution in [0, 0.1) is 0 Å². The van der Waals surface area contributed by atoms with Gasteiger partial charge in [0, 0.05) is 0 Å². The van der Waals surface area contributed by atoms with Crippen molar-refractivity contribution < 1.29 is 15.1 Å². The molecule has 0 atom stereocenters. The molecule has 9 aliphatic rings. The fraction of sp³-hybridized carbons (Fsp3) is 1.00. The van der Waals surface area contributed by atoms with Crippen LogP contribution in [-0.2, 0) is 15.1 Å². The third-order valence-corrected chi connectivity index (χ3v) is 30.2. The first kappa shape index (κ1) is 51.9. The van der Waals surface area contributed by atoms with Crippen LogP contribution in [0.1, 0.15) is 289 Å². The molecular weight excluding hydrogens is 913 g/mol. The van der Waals surface area contributed by atoms with Crippen molar-refractivity contribution >= 4 is 43.1 Å². The van der Waals surface area contributed by atoms with Crippen molar-refractivity contribution in [1.29, 1.82) is 0 Å². The summed E-state index contributed by atoms with van der Waals surface area (Å²) in [6, 6.07) is 0. The van der Waals surface area contributed by atoms with Crippen LogP contribution in [-0.4, -0.2) is 50.9 Å². The number of rotatable bonds is 9. The van der Waals surface area contributed by atoms with Crippen molar-refractivity contribution in [3.8, 4) is 0 Å². The summed E-state index contributed by atoms with van der Waals surface area (Å²) in [5, 5.41) is 0. The summed E-state index contributed by atoms with van der Waals surface area (Å²) in [7, 11) is 10.9. The van der Waals surface area contributed by atoms with E-state index >= 15 is 0 Å². The molecule has 9 fully saturated rings. The van der Waals surface area contributed by atoms with Gasteiger partial charge in [0.05, 0.1) is 0 Å². The normalized spacial score (nSPS) is 27.8. The van der Waals surface area contributed by atoms with Gasteiger partial charge in [-0.1, -0.05) is 197 Å². The number of hydrogen-bond acceptors (Lipinski definition) is 0. The third kappa shape index (κ3) is 17.5. The zero-order valence-electron chi connectivity index (χ0n) is 39.5. The first-order valence-corrected chi connectivity index (χ1v) is 37.1. The molecule has 0 unspecified atom stereocenters. The fourth-order valence-corrected chi connectivity index (χ4v) is 29.1. The molecule has 9 aliphatic carbocycles. The van der Waals surface area contributed by atoms with Crippen LogP contribution in [0.4, 0.5) is 0 Å². The first-order chi connectivity index (χ1) is 29.8. The molecule has 0 bridgehead atoms. The van der Waals surface area contributed by atoms with Gasteiger partial charge in [-0.05, 0) is 167 Å². The first-order valence-electron chi connectivity index (χ1n) is 27.9. The van der Waals surface area contributed by atoms with Crippen molar-refractivity contribution in [2.45, 2.75) is 340 Å². The van der Waals surface area contributed by atoms with E-state index in [0.29, 0.717) is 23.8 Å². The molecule has 9 rings (SSSR count). The fourth-order valence-electron chi connectivity index (χ4n) is 15.1. The van der Waals surface area contributed by atoms with E-state index in [1.165, 1.54) is 109 Å². The molecule has 0 saturated heterocycles. The molecule has 0 aromatic heterocycles. The van der Waals surface area contributed by atoms with Gasteiger partial charge in [-0.25, -0.2) is 0 Å². The molecule has 0 spiro atoms. The maximum absolute atomic E-state index is 4.85. The summed E-state index contributed by atoms with van der Waals surface area (Å²) in [6.07, 6.45) is 70.9. The van der Waals surface area contributed by atoms with E-state index in [2.05, 4.69) is 0 Å². The van der Waals surface area contributed by atoms with Crippen molar-refractivity contribution in [2.24, 2.45) is 0 Å². The van der Waals surface area contributed by atoms with E-state index in [1.54, 1.807) is 231 Å². The van der Waals surface area contributed by atoms with Crippen LogP contribution in [0.25, 0.3) is 0 Å². The summed E-state index contributed by atoms with van der Waals surface area (Å²) in [6.45, 7) is 0. The molecule has 0 amide bonds. The van der Waals surface area contributed by atoms with Crippen molar-refractivity contribution in [3.63, 3.8) is 0 Å². The Bertz CT molecular complexity index is 769. The molecule has 0 nitrogen and oxygen atoms in total. The standard InChI is InChI=1S/3C18H33P.2ClH.Ru/c3*1-4-10-16(11-5-1)19(17-12-6-2-7-13-17)18-14-8-3-9-15-18;;;/h3*16-18H,1-15H2;2*1H;/q;;;;;+2/p-2. The van der Waals surface area contributed by atoms with Gasteiger partial charge in [-0.15, -0.1) is 0 Å². The monoisotopic (exact) mass is 1010 g/mol. The van der Waals surface area contributed by atoms with Crippen LogP contribution in [0.3, 0.4) is 0 Å². The van der Waals surface area contributed by atoms with E-state index in [4.69, 9.17) is 19.4 Å². The van der Waals surface area contributed by atoms with Gasteiger partial charge in [-0.3, -0.25) is 0 Å². The number of halogens is 2. The number of hydrogen-bond donors (Lipinski definition) is 0. The Kier molecular flexibility index (Phi) is 27.3. The summed E-state index contributed by atoms with van der Waals surface area (Å²) >= 11 is -0.346. The van der Waals surface area contributed by atoms with Gasteiger partial charge in [0.1, 0.15) is 0 Å². The molecule has 0 aliphatic heterocycles. The third-order valence-electron chi connectivity index (χ3n) is 18.0. The zero-order valence-corrected chi connectivity index (χ0v) is 45.4. The Morgan fingerprint density at radius 2 is 0.267 bits per heavy atom. The second kappa shape index (κ2) is 31.5. The van der Waals surface area contributed by atoms with Crippen LogP contribution in [0.15, 0.2) is 0 Å². The van der Waals surface area contributed by atoms with Crippen LogP contribution < -0.4 is 0 Å². The van der Waals surface area contributed by atoms with Crippen LogP contribution in [0.5, 0.6) is 0 Å². The minimum atomic E-state index is -0.346. The zero-order chi connectivity index (χ0) is 41.5. The van der Waals surface area contributed by atoms with Gasteiger partial charge in [0.2, 0.25) is 0 Å². The second-order valence-electron chi connectivity index (χ2n) is 22.0. The molecule has 9 saturated carbocycles. The van der Waals surface area contributed by atoms with Crippen LogP contribution >= 0.6 is 43.1 Å². The van der Waals surface area contributed by atoms with Crippen molar-refractivity contribution in [2.75, 3.05) is 0 Å². The second-order valence-corrected chi connectivity index (χ2v) is 33.9. The van der Waals surface area contributed by atoms with Crippen molar-refractivity contribution in [3.05, 3.63) is 0 Å². The van der Waals surface area contributed by atoms with Crippen LogP contribution in [0.2, 0.25) is 0 Å². The topological polar surface area (TPSA) is 0 Å². The predicted molar refractivity (Wildman–Crippen MR) is 274 cm³/mol. The Hall–Kier alpha value is 2.49. The van der Waals surface area contributed by atoms with E-state index in [9.17, 15) is 0 Å². The van der Waals surface area contributed by atoms with Crippen molar-refractivity contribution in [1.82, 2.24) is 0 Å². The molecule has 0 heterocycles. The Balaban J connectivity index is 0.000000146. The molecule has 352 valence electrons. The molecule has 60 heavy (non-hydrogen) atoms. The van der Waals surface area contributed by atoms with E-state index < -0.39 is 0 Å². The maximum atomic E-state index is 4.85. The van der Waals surface area contributed by atoms with E-state index in [0.717, 1.165) is 0 Å². The average Bonchev–Trinajstić information content (AvgIpc) is 3.33. The van der Waals surface area contributed by atoms with E-state index in [-0.39, 0.29) is 15.1 Å². The van der Waals surface area contributed by atoms with Gasteiger partial charge >= 0.3 is 34.5 Å². The SMILES string of the molecule is C1CCC(P(C2CCCCC2)C2CCCCC2)CC1.C1CCC(P(C2CCCCC2)C2CCCCC2)CC1.C1CCC(P(C2CCCCC2)C2CCCCC2)CC1.[Cl][Ru][Cl]. The van der Waals surface area contributed by atoms with Gasteiger partial charge in [-0.2, -0.15) is 0 Å². The summed E-state index contributed by atoms with van der Waals surface area (Å²) in [4.78, 5) is 0. The molecular formula is C54H99Cl2P3Ru. The molecule has 6 heteroatoms. The minimum absolute atomic E-state index is 0.346. The average molecular weight is 1010 g/mol. The summed E-state index contributed by atoms with van der Waals surface area (Å²) in [5.41, 5.74) is 10.7. The van der Waals surface area contributed by atoms with E-state index in [1.807, 2.05) is 0 Å². The summed E-state index contributed by atoms with van der Waals surface area (Å²) < 4.78 is 0. The van der Waals surface area contributed by atoms with Gasteiger partial charge < -0.3 is 0 Å². The molecule has 0 radical (unpaired) electrons. The molecule has 0 N–H and O–H groups in total. The van der Waals surface area contributed by atoms with Gasteiger partial charge in [0.25, 0.3) is 0 Å². The molecule has 0 aromatic carbocycles. The quantitative estimate of drug-likeness (QED) is 0.159. The Morgan fingerprint density at radius 3 is 0.350 bits per heavy atom. The summed E-state index contributed by atoms with van der Waals surface area (Å²) in [5.74, 6) is 0. The Labute approximate surface area is 395 Å². The Morgan fingerprint density at radius 1 is 0.183 bits per heavy atom. The van der Waals surface area contributed by atoms with Gasteiger partial charge in [0.15, 0.2) is 0 Å². The predicted octanol–water partition coefficient (Wildman–Crippen LogP) is 20.8. The molecule has 0 aromatic rings.